The molecule has 0 aliphatic carbocycles. The van der Waals surface area contributed by atoms with Crippen molar-refractivity contribution in [1.82, 2.24) is 0 Å². The second kappa shape index (κ2) is 61.9. The first-order valence-corrected chi connectivity index (χ1v) is 39.9. The van der Waals surface area contributed by atoms with Gasteiger partial charge in [0, 0.05) is 25.7 Å². The third kappa shape index (κ3) is 62.2. The first-order chi connectivity index (χ1) is 43.3. The Labute approximate surface area is 549 Å². The van der Waals surface area contributed by atoms with Crippen molar-refractivity contribution in [2.45, 2.75) is 375 Å². The second-order valence-electron chi connectivity index (χ2n) is 26.6. The van der Waals surface area contributed by atoms with Crippen molar-refractivity contribution >= 4 is 39.5 Å². The third-order valence-corrected chi connectivity index (χ3v) is 19.0. The highest BCUT2D eigenvalue weighted by Gasteiger charge is 2.30. The van der Waals surface area contributed by atoms with Gasteiger partial charge in [0.2, 0.25) is 0 Å². The van der Waals surface area contributed by atoms with E-state index in [1.165, 1.54) is 161 Å². The molecule has 17 nitrogen and oxygen atoms in total. The molecule has 0 aromatic heterocycles. The van der Waals surface area contributed by atoms with E-state index in [0.29, 0.717) is 25.7 Å². The van der Waals surface area contributed by atoms with E-state index in [1.807, 2.05) is 0 Å². The molecule has 4 unspecified atom stereocenters. The summed E-state index contributed by atoms with van der Waals surface area (Å²) in [5, 5.41) is 10.6. The number of carbonyl (C=O) groups is 4. The lowest BCUT2D eigenvalue weighted by atomic mass is 10.00. The van der Waals surface area contributed by atoms with Crippen LogP contribution >= 0.6 is 15.6 Å². The number of aliphatic hydroxyl groups is 1. The van der Waals surface area contributed by atoms with Gasteiger partial charge in [-0.2, -0.15) is 0 Å². The van der Waals surface area contributed by atoms with E-state index < -0.39 is 97.5 Å². The summed E-state index contributed by atoms with van der Waals surface area (Å²) in [4.78, 5) is 72.6. The zero-order valence-corrected chi connectivity index (χ0v) is 60.4. The minimum Gasteiger partial charge on any atom is -0.462 e. The number of esters is 4. The fourth-order valence-corrected chi connectivity index (χ4v) is 12.2. The highest BCUT2D eigenvalue weighted by Crippen LogP contribution is 2.45. The molecule has 0 amide bonds. The predicted molar refractivity (Wildman–Crippen MR) is 363 cm³/mol. The molecule has 0 fully saturated rings. The summed E-state index contributed by atoms with van der Waals surface area (Å²) >= 11 is 0. The van der Waals surface area contributed by atoms with Gasteiger partial charge in [-0.25, -0.2) is 9.13 Å². The summed E-state index contributed by atoms with van der Waals surface area (Å²) in [6.45, 7) is 11.8. The SMILES string of the molecule is CCCCCCCCCCCCCCCCCCCC(=O)O[C@H](COC(=O)CCCCCCCCCCCCC(C)C)COP(=O)(O)OC[C@@H](O)COP(=O)(O)OC[C@@H](COC(=O)CCCCCCCCC(C)CC)OC(=O)CCCCCCCCC(C)CC. The Kier molecular flexibility index (Phi) is 60.6. The Bertz CT molecular complexity index is 1770. The Hall–Kier alpha value is -1.94. The average Bonchev–Trinajstić information content (AvgIpc) is 3.43. The van der Waals surface area contributed by atoms with Crippen LogP contribution in [0.3, 0.4) is 0 Å². The summed E-state index contributed by atoms with van der Waals surface area (Å²) in [6, 6.07) is 0. The normalized spacial score (nSPS) is 14.8. The summed E-state index contributed by atoms with van der Waals surface area (Å²) in [7, 11) is -9.90. The van der Waals surface area contributed by atoms with Crippen molar-refractivity contribution in [1.29, 1.82) is 0 Å². The van der Waals surface area contributed by atoms with E-state index in [-0.39, 0.29) is 25.7 Å². The van der Waals surface area contributed by atoms with E-state index in [4.69, 9.17) is 37.0 Å². The Morgan fingerprint density at radius 1 is 0.322 bits per heavy atom. The van der Waals surface area contributed by atoms with Crippen molar-refractivity contribution in [3.05, 3.63) is 0 Å². The molecule has 0 spiro atoms. The first kappa shape index (κ1) is 88.1. The zero-order valence-electron chi connectivity index (χ0n) is 58.6. The molecule has 90 heavy (non-hydrogen) atoms. The number of phosphoric ester groups is 2. The van der Waals surface area contributed by atoms with Gasteiger partial charge in [-0.05, 0) is 43.4 Å². The van der Waals surface area contributed by atoms with Gasteiger partial charge in [0.1, 0.15) is 19.3 Å². The first-order valence-electron chi connectivity index (χ1n) is 36.9. The molecule has 0 rings (SSSR count). The minimum atomic E-state index is -4.95. The molecule has 0 aromatic rings. The van der Waals surface area contributed by atoms with Gasteiger partial charge in [0.15, 0.2) is 12.2 Å². The molecule has 534 valence electrons. The smallest absolute Gasteiger partial charge is 0.462 e. The monoisotopic (exact) mass is 1320 g/mol. The van der Waals surface area contributed by atoms with Crippen LogP contribution in [0.25, 0.3) is 0 Å². The molecule has 0 bridgehead atoms. The summed E-state index contributed by atoms with van der Waals surface area (Å²) in [5.41, 5.74) is 0. The van der Waals surface area contributed by atoms with Gasteiger partial charge >= 0.3 is 39.5 Å². The lowest BCUT2D eigenvalue weighted by molar-refractivity contribution is -0.161. The van der Waals surface area contributed by atoms with Gasteiger partial charge < -0.3 is 33.8 Å². The molecule has 0 radical (unpaired) electrons. The fourth-order valence-electron chi connectivity index (χ4n) is 10.7. The quantitative estimate of drug-likeness (QED) is 0.0222. The number of unbranched alkanes of at least 4 members (excludes halogenated alkanes) is 35. The molecule has 3 N–H and O–H groups in total. The summed E-state index contributed by atoms with van der Waals surface area (Å²) in [5.74, 6) is 0.0810. The number of hydrogen-bond donors (Lipinski definition) is 3. The lowest BCUT2D eigenvalue weighted by Crippen LogP contribution is -2.30. The van der Waals surface area contributed by atoms with Crippen molar-refractivity contribution in [3.63, 3.8) is 0 Å². The van der Waals surface area contributed by atoms with E-state index >= 15 is 0 Å². The van der Waals surface area contributed by atoms with Crippen molar-refractivity contribution in [3.8, 4) is 0 Å². The van der Waals surface area contributed by atoms with Crippen LogP contribution in [0.15, 0.2) is 0 Å². The molecule has 0 saturated carbocycles. The lowest BCUT2D eigenvalue weighted by Gasteiger charge is -2.21. The number of hydrogen-bond acceptors (Lipinski definition) is 15. The van der Waals surface area contributed by atoms with Crippen LogP contribution in [0.1, 0.15) is 357 Å². The molecular weight excluding hydrogens is 1190 g/mol. The van der Waals surface area contributed by atoms with Gasteiger partial charge in [-0.1, -0.05) is 305 Å². The largest absolute Gasteiger partial charge is 0.472 e. The highest BCUT2D eigenvalue weighted by molar-refractivity contribution is 7.47. The molecule has 7 atom stereocenters. The minimum absolute atomic E-state index is 0.102. The van der Waals surface area contributed by atoms with Crippen LogP contribution in [0.5, 0.6) is 0 Å². The van der Waals surface area contributed by atoms with Crippen LogP contribution in [0, 0.1) is 17.8 Å². The van der Waals surface area contributed by atoms with E-state index in [0.717, 1.165) is 114 Å². The molecule has 0 saturated heterocycles. The Morgan fingerprint density at radius 2 is 0.567 bits per heavy atom. The van der Waals surface area contributed by atoms with E-state index in [1.54, 1.807) is 0 Å². The number of carbonyl (C=O) groups excluding carboxylic acids is 4. The summed E-state index contributed by atoms with van der Waals surface area (Å²) in [6.07, 6.45) is 45.9. The van der Waals surface area contributed by atoms with Crippen LogP contribution in [-0.4, -0.2) is 96.7 Å². The maximum Gasteiger partial charge on any atom is 0.472 e. The molecule has 0 aromatic carbocycles. The maximum atomic E-state index is 13.0. The zero-order chi connectivity index (χ0) is 66.6. The molecule has 0 heterocycles. The van der Waals surface area contributed by atoms with Crippen molar-refractivity contribution < 1.29 is 80.2 Å². The number of ether oxygens (including phenoxy) is 4. The standard InChI is InChI=1S/C71H138O17P2/c1-8-11-12-13-14-15-16-17-18-19-20-21-22-27-30-40-47-54-70(75)87-66(58-81-68(73)52-45-38-29-26-24-23-25-28-35-42-49-62(4)5)60-85-89(77,78)83-56-65(72)57-84-90(79,80)86-61-67(88-71(76)55-48-41-34-32-37-44-51-64(7)10-3)59-82-69(74)53-46-39-33-31-36-43-50-63(6)9-2/h62-67,72H,8-61H2,1-7H3,(H,77,78)(H,79,80)/t63?,64?,65-,66-,67-/m1/s1. The molecular formula is C71H138O17P2. The van der Waals surface area contributed by atoms with Crippen molar-refractivity contribution in [2.75, 3.05) is 39.6 Å². The number of aliphatic hydroxyl groups excluding tert-OH is 1. The van der Waals surface area contributed by atoms with Gasteiger partial charge in [0.25, 0.3) is 0 Å². The number of rotatable bonds is 69. The topological polar surface area (TPSA) is 237 Å². The third-order valence-electron chi connectivity index (χ3n) is 17.1. The second-order valence-corrected chi connectivity index (χ2v) is 29.5. The predicted octanol–water partition coefficient (Wildman–Crippen LogP) is 20.2. The van der Waals surface area contributed by atoms with E-state index in [2.05, 4.69) is 48.5 Å². The van der Waals surface area contributed by atoms with Crippen LogP contribution in [0.2, 0.25) is 0 Å². The van der Waals surface area contributed by atoms with Crippen LogP contribution < -0.4 is 0 Å². The highest BCUT2D eigenvalue weighted by atomic mass is 31.2. The van der Waals surface area contributed by atoms with Crippen LogP contribution in [-0.2, 0) is 65.4 Å². The van der Waals surface area contributed by atoms with Gasteiger partial charge in [-0.3, -0.25) is 37.3 Å². The maximum absolute atomic E-state index is 13.0. The molecule has 0 aliphatic heterocycles. The van der Waals surface area contributed by atoms with E-state index in [9.17, 15) is 43.2 Å². The summed E-state index contributed by atoms with van der Waals surface area (Å²) < 4.78 is 68.3. The average molecular weight is 1330 g/mol. The van der Waals surface area contributed by atoms with Crippen molar-refractivity contribution in [2.24, 2.45) is 17.8 Å². The number of phosphoric acid groups is 2. The Morgan fingerprint density at radius 3 is 0.844 bits per heavy atom. The fraction of sp³-hybridized carbons (Fsp3) is 0.944. The van der Waals surface area contributed by atoms with Gasteiger partial charge in [0.05, 0.1) is 26.4 Å². The van der Waals surface area contributed by atoms with Crippen LogP contribution in [0.4, 0.5) is 0 Å². The molecule has 0 aliphatic rings. The van der Waals surface area contributed by atoms with Gasteiger partial charge in [-0.15, -0.1) is 0 Å². The Balaban J connectivity index is 5.24. The molecule has 19 heteroatoms.